The number of hydrogen-bond acceptors (Lipinski definition) is 5. The van der Waals surface area contributed by atoms with Gasteiger partial charge in [-0.05, 0) is 33.1 Å². The summed E-state index contributed by atoms with van der Waals surface area (Å²) in [6.45, 7) is 4.03. The SMILES string of the molecule is CC(C)n1c(N)nnc1SCC(=O)N(C)C1=CCCC1. The van der Waals surface area contributed by atoms with Gasteiger partial charge in [0.1, 0.15) is 0 Å². The fraction of sp³-hybridized carbons (Fsp3) is 0.615. The summed E-state index contributed by atoms with van der Waals surface area (Å²) in [5, 5.41) is 8.60. The number of aromatic nitrogens is 3. The van der Waals surface area contributed by atoms with Gasteiger partial charge < -0.3 is 10.6 Å². The Labute approximate surface area is 123 Å². The van der Waals surface area contributed by atoms with E-state index in [0.717, 1.165) is 25.0 Å². The Hall–Kier alpha value is -1.50. The van der Waals surface area contributed by atoms with Crippen molar-refractivity contribution in [3.63, 3.8) is 0 Å². The van der Waals surface area contributed by atoms with Gasteiger partial charge >= 0.3 is 0 Å². The van der Waals surface area contributed by atoms with Crippen molar-refractivity contribution >= 4 is 23.6 Å². The van der Waals surface area contributed by atoms with Crippen LogP contribution in [0.15, 0.2) is 16.9 Å². The Morgan fingerprint density at radius 3 is 2.90 bits per heavy atom. The lowest BCUT2D eigenvalue weighted by Gasteiger charge is -2.18. The maximum absolute atomic E-state index is 12.2. The van der Waals surface area contributed by atoms with Crippen LogP contribution in [0.5, 0.6) is 0 Å². The second kappa shape index (κ2) is 6.30. The summed E-state index contributed by atoms with van der Waals surface area (Å²) >= 11 is 1.38. The molecule has 0 radical (unpaired) electrons. The van der Waals surface area contributed by atoms with Crippen molar-refractivity contribution in [1.82, 2.24) is 19.7 Å². The molecule has 6 nitrogen and oxygen atoms in total. The average Bonchev–Trinajstić information content (AvgIpc) is 3.04. The Bertz CT molecular complexity index is 523. The highest BCUT2D eigenvalue weighted by molar-refractivity contribution is 7.99. The average molecular weight is 295 g/mol. The Kier molecular flexibility index (Phi) is 4.69. The number of hydrogen-bond donors (Lipinski definition) is 1. The number of rotatable bonds is 5. The van der Waals surface area contributed by atoms with E-state index in [4.69, 9.17) is 5.73 Å². The quantitative estimate of drug-likeness (QED) is 0.841. The molecule has 0 spiro atoms. The lowest BCUT2D eigenvalue weighted by atomic mass is 10.3. The summed E-state index contributed by atoms with van der Waals surface area (Å²) < 4.78 is 1.84. The fourth-order valence-corrected chi connectivity index (χ4v) is 3.20. The van der Waals surface area contributed by atoms with Crippen LogP contribution in [0, 0.1) is 0 Å². The van der Waals surface area contributed by atoms with Crippen LogP contribution in [0.4, 0.5) is 5.95 Å². The molecule has 1 amide bonds. The van der Waals surface area contributed by atoms with E-state index in [0.29, 0.717) is 16.9 Å². The van der Waals surface area contributed by atoms with Crippen molar-refractivity contribution in [3.8, 4) is 0 Å². The fourth-order valence-electron chi connectivity index (χ4n) is 2.21. The predicted octanol–water partition coefficient (Wildman–Crippen LogP) is 2.06. The van der Waals surface area contributed by atoms with E-state index in [9.17, 15) is 4.79 Å². The van der Waals surface area contributed by atoms with Crippen LogP contribution in [0.25, 0.3) is 0 Å². The van der Waals surface area contributed by atoms with Crippen LogP contribution in [-0.4, -0.2) is 38.4 Å². The number of anilines is 1. The third-order valence-corrected chi connectivity index (χ3v) is 4.28. The van der Waals surface area contributed by atoms with Crippen LogP contribution in [0.2, 0.25) is 0 Å². The standard InChI is InChI=1S/C13H21N5OS/c1-9(2)18-12(14)15-16-13(18)20-8-11(19)17(3)10-6-4-5-7-10/h6,9H,4-5,7-8H2,1-3H3,(H2,14,15). The number of nitrogens with two attached hydrogens (primary N) is 1. The number of allylic oxidation sites excluding steroid dienone is 2. The lowest BCUT2D eigenvalue weighted by molar-refractivity contribution is -0.125. The number of nitrogens with zero attached hydrogens (tertiary/aromatic N) is 4. The Morgan fingerprint density at radius 2 is 2.30 bits per heavy atom. The summed E-state index contributed by atoms with van der Waals surface area (Å²) in [6, 6.07) is 0.179. The topological polar surface area (TPSA) is 77.0 Å². The molecule has 0 saturated heterocycles. The largest absolute Gasteiger partial charge is 0.368 e. The maximum atomic E-state index is 12.2. The second-order valence-corrected chi connectivity index (χ2v) is 6.08. The third kappa shape index (κ3) is 3.15. The van der Waals surface area contributed by atoms with E-state index in [1.807, 2.05) is 25.5 Å². The number of carbonyl (C=O) groups excluding carboxylic acids is 1. The first-order chi connectivity index (χ1) is 9.50. The number of carbonyl (C=O) groups is 1. The van der Waals surface area contributed by atoms with Crippen LogP contribution in [0.1, 0.15) is 39.2 Å². The normalized spacial score (nSPS) is 14.7. The van der Waals surface area contributed by atoms with Crippen LogP contribution in [-0.2, 0) is 4.79 Å². The zero-order chi connectivity index (χ0) is 14.7. The van der Waals surface area contributed by atoms with E-state index in [1.165, 1.54) is 11.8 Å². The summed E-state index contributed by atoms with van der Waals surface area (Å²) in [4.78, 5) is 13.9. The summed E-state index contributed by atoms with van der Waals surface area (Å²) in [5.41, 5.74) is 6.90. The van der Waals surface area contributed by atoms with Gasteiger partial charge in [-0.25, -0.2) is 0 Å². The first kappa shape index (κ1) is 14.9. The van der Waals surface area contributed by atoms with E-state index in [1.54, 1.807) is 4.90 Å². The van der Waals surface area contributed by atoms with Crippen LogP contribution < -0.4 is 5.73 Å². The smallest absolute Gasteiger partial charge is 0.236 e. The third-order valence-electron chi connectivity index (χ3n) is 3.35. The van der Waals surface area contributed by atoms with Crippen molar-refractivity contribution in [3.05, 3.63) is 11.8 Å². The van der Waals surface area contributed by atoms with Crippen molar-refractivity contribution in [2.75, 3.05) is 18.5 Å². The molecule has 0 atom stereocenters. The van der Waals surface area contributed by atoms with E-state index < -0.39 is 0 Å². The molecule has 1 aliphatic rings. The van der Waals surface area contributed by atoms with Crippen LogP contribution in [0.3, 0.4) is 0 Å². The molecule has 20 heavy (non-hydrogen) atoms. The molecule has 0 unspecified atom stereocenters. The first-order valence-corrected chi connectivity index (χ1v) is 7.78. The monoisotopic (exact) mass is 295 g/mol. The Balaban J connectivity index is 1.96. The van der Waals surface area contributed by atoms with Gasteiger partial charge in [0, 0.05) is 18.8 Å². The zero-order valence-electron chi connectivity index (χ0n) is 12.2. The number of nitrogen functional groups attached to an aromatic ring is 1. The molecule has 1 aliphatic carbocycles. The molecule has 0 fully saturated rings. The molecule has 7 heteroatoms. The molecule has 0 saturated carbocycles. The van der Waals surface area contributed by atoms with Gasteiger partial charge in [-0.1, -0.05) is 17.8 Å². The minimum absolute atomic E-state index is 0.0834. The van der Waals surface area contributed by atoms with E-state index in [2.05, 4.69) is 16.3 Å². The molecule has 2 rings (SSSR count). The van der Waals surface area contributed by atoms with Gasteiger partial charge in [0.15, 0.2) is 5.16 Å². The number of thioether (sulfide) groups is 1. The molecule has 1 aromatic rings. The minimum atomic E-state index is 0.0834. The van der Waals surface area contributed by atoms with Gasteiger partial charge in [0.2, 0.25) is 11.9 Å². The van der Waals surface area contributed by atoms with Crippen LogP contribution >= 0.6 is 11.8 Å². The summed E-state index contributed by atoms with van der Waals surface area (Å²) in [5.74, 6) is 0.820. The van der Waals surface area contributed by atoms with E-state index in [-0.39, 0.29) is 11.9 Å². The molecule has 1 heterocycles. The van der Waals surface area contributed by atoms with Gasteiger partial charge in [-0.2, -0.15) is 0 Å². The molecule has 110 valence electrons. The van der Waals surface area contributed by atoms with Crippen molar-refractivity contribution in [2.45, 2.75) is 44.3 Å². The molecule has 0 aliphatic heterocycles. The van der Waals surface area contributed by atoms with Gasteiger partial charge in [-0.3, -0.25) is 9.36 Å². The highest BCUT2D eigenvalue weighted by atomic mass is 32.2. The molecular formula is C13H21N5OS. The molecular weight excluding hydrogens is 274 g/mol. The number of amides is 1. The molecule has 1 aromatic heterocycles. The van der Waals surface area contributed by atoms with Crippen molar-refractivity contribution < 1.29 is 4.79 Å². The zero-order valence-corrected chi connectivity index (χ0v) is 13.0. The van der Waals surface area contributed by atoms with Gasteiger partial charge in [0.05, 0.1) is 5.75 Å². The Morgan fingerprint density at radius 1 is 1.55 bits per heavy atom. The highest BCUT2D eigenvalue weighted by Crippen LogP contribution is 2.25. The van der Waals surface area contributed by atoms with Gasteiger partial charge in [-0.15, -0.1) is 10.2 Å². The molecule has 0 bridgehead atoms. The first-order valence-electron chi connectivity index (χ1n) is 6.79. The minimum Gasteiger partial charge on any atom is -0.368 e. The summed E-state index contributed by atoms with van der Waals surface area (Å²) in [6.07, 6.45) is 5.33. The highest BCUT2D eigenvalue weighted by Gasteiger charge is 2.19. The maximum Gasteiger partial charge on any atom is 0.236 e. The second-order valence-electron chi connectivity index (χ2n) is 5.13. The molecule has 0 aromatic carbocycles. The van der Waals surface area contributed by atoms with Crippen molar-refractivity contribution in [1.29, 1.82) is 0 Å². The van der Waals surface area contributed by atoms with E-state index >= 15 is 0 Å². The lowest BCUT2D eigenvalue weighted by Crippen LogP contribution is -2.27. The predicted molar refractivity (Wildman–Crippen MR) is 80.2 cm³/mol. The molecule has 2 N–H and O–H groups in total. The summed E-state index contributed by atoms with van der Waals surface area (Å²) in [7, 11) is 1.83. The van der Waals surface area contributed by atoms with Crippen molar-refractivity contribution in [2.24, 2.45) is 0 Å². The van der Waals surface area contributed by atoms with Gasteiger partial charge in [0.25, 0.3) is 0 Å².